The van der Waals surface area contributed by atoms with E-state index < -0.39 is 11.7 Å². The van der Waals surface area contributed by atoms with Gasteiger partial charge in [-0.15, -0.1) is 0 Å². The van der Waals surface area contributed by atoms with Crippen LogP contribution in [0.4, 0.5) is 24.7 Å². The molecule has 0 unspecified atom stereocenters. The van der Waals surface area contributed by atoms with Gasteiger partial charge in [-0.3, -0.25) is 4.98 Å². The minimum atomic E-state index is -4.55. The van der Waals surface area contributed by atoms with Crippen molar-refractivity contribution in [3.05, 3.63) is 41.7 Å². The number of rotatable bonds is 4. The molecule has 7 heteroatoms. The van der Waals surface area contributed by atoms with Crippen LogP contribution >= 0.6 is 0 Å². The lowest BCUT2D eigenvalue weighted by molar-refractivity contribution is -0.137. The lowest BCUT2D eigenvalue weighted by Crippen LogP contribution is -2.15. The van der Waals surface area contributed by atoms with Crippen LogP contribution < -0.4 is 11.1 Å². The molecular formula is C20H23F3N4. The highest BCUT2D eigenvalue weighted by Crippen LogP contribution is 2.44. The number of halogens is 3. The summed E-state index contributed by atoms with van der Waals surface area (Å²) >= 11 is 0. The van der Waals surface area contributed by atoms with Gasteiger partial charge >= 0.3 is 6.18 Å². The van der Waals surface area contributed by atoms with E-state index in [1.165, 1.54) is 6.20 Å². The van der Waals surface area contributed by atoms with Crippen molar-refractivity contribution in [2.45, 2.75) is 51.7 Å². The fraction of sp³-hybridized carbons (Fsp3) is 0.400. The molecule has 144 valence electrons. The highest BCUT2D eigenvalue weighted by molar-refractivity contribution is 5.90. The zero-order chi connectivity index (χ0) is 19.6. The van der Waals surface area contributed by atoms with Crippen molar-refractivity contribution in [1.29, 1.82) is 0 Å². The van der Waals surface area contributed by atoms with Crippen LogP contribution in [0.3, 0.4) is 0 Å². The number of anilines is 2. The van der Waals surface area contributed by atoms with E-state index in [0.29, 0.717) is 5.56 Å². The van der Waals surface area contributed by atoms with E-state index in [1.807, 2.05) is 13.8 Å². The summed E-state index contributed by atoms with van der Waals surface area (Å²) in [5.74, 6) is -0.170. The zero-order valence-corrected chi connectivity index (χ0v) is 15.4. The van der Waals surface area contributed by atoms with Gasteiger partial charge in [-0.1, -0.05) is 6.08 Å². The summed E-state index contributed by atoms with van der Waals surface area (Å²) in [4.78, 5) is 8.23. The highest BCUT2D eigenvalue weighted by atomic mass is 19.4. The van der Waals surface area contributed by atoms with Gasteiger partial charge in [0.15, 0.2) is 0 Å². The van der Waals surface area contributed by atoms with Crippen molar-refractivity contribution in [2.75, 3.05) is 11.1 Å². The summed E-state index contributed by atoms with van der Waals surface area (Å²) < 4.78 is 41.0. The van der Waals surface area contributed by atoms with Gasteiger partial charge in [0, 0.05) is 29.7 Å². The molecule has 0 bridgehead atoms. The number of nitrogens with two attached hydrogens (primary N) is 1. The molecule has 1 aliphatic rings. The third-order valence-corrected chi connectivity index (χ3v) is 4.53. The molecule has 2 heterocycles. The number of pyridine rings is 2. The Morgan fingerprint density at radius 1 is 1.07 bits per heavy atom. The Hall–Kier alpha value is -2.57. The smallest absolute Gasteiger partial charge is 0.383 e. The fourth-order valence-corrected chi connectivity index (χ4v) is 3.44. The summed E-state index contributed by atoms with van der Waals surface area (Å²) in [5, 5.41) is 3.34. The topological polar surface area (TPSA) is 63.8 Å². The van der Waals surface area contributed by atoms with Crippen LogP contribution in [-0.2, 0) is 6.18 Å². The van der Waals surface area contributed by atoms with Gasteiger partial charge in [-0.05, 0) is 57.2 Å². The van der Waals surface area contributed by atoms with Crippen LogP contribution in [0.5, 0.6) is 0 Å². The molecule has 4 nitrogen and oxygen atoms in total. The van der Waals surface area contributed by atoms with Crippen LogP contribution in [0.2, 0.25) is 0 Å². The van der Waals surface area contributed by atoms with Crippen LogP contribution in [0.15, 0.2) is 30.6 Å². The number of nitrogen functional groups attached to an aromatic ring is 1. The van der Waals surface area contributed by atoms with Crippen molar-refractivity contribution >= 4 is 17.1 Å². The fourth-order valence-electron chi connectivity index (χ4n) is 3.44. The van der Waals surface area contributed by atoms with Crippen LogP contribution in [0.1, 0.15) is 50.7 Å². The van der Waals surface area contributed by atoms with E-state index in [-0.39, 0.29) is 23.1 Å². The second-order valence-electron chi connectivity index (χ2n) is 6.97. The second-order valence-corrected chi connectivity index (χ2v) is 6.97. The summed E-state index contributed by atoms with van der Waals surface area (Å²) in [6.45, 7) is 3.97. The molecule has 0 fully saturated rings. The van der Waals surface area contributed by atoms with Crippen LogP contribution in [0, 0.1) is 0 Å². The maximum absolute atomic E-state index is 13.7. The molecule has 0 saturated heterocycles. The zero-order valence-electron chi connectivity index (χ0n) is 15.4. The first-order valence-corrected chi connectivity index (χ1v) is 9.06. The maximum Gasteiger partial charge on any atom is 0.417 e. The number of aromatic nitrogens is 2. The van der Waals surface area contributed by atoms with Crippen molar-refractivity contribution in [2.24, 2.45) is 0 Å². The van der Waals surface area contributed by atoms with Crippen LogP contribution in [0.25, 0.3) is 16.8 Å². The Labute approximate surface area is 156 Å². The second kappa shape index (κ2) is 7.58. The Morgan fingerprint density at radius 2 is 1.81 bits per heavy atom. The highest BCUT2D eigenvalue weighted by Gasteiger charge is 2.36. The molecule has 0 saturated carbocycles. The first kappa shape index (κ1) is 19.2. The molecule has 1 aliphatic carbocycles. The van der Waals surface area contributed by atoms with E-state index >= 15 is 0 Å². The van der Waals surface area contributed by atoms with Crippen LogP contribution in [-0.4, -0.2) is 16.0 Å². The summed E-state index contributed by atoms with van der Waals surface area (Å²) in [7, 11) is 0. The first-order chi connectivity index (χ1) is 12.8. The largest absolute Gasteiger partial charge is 0.417 e. The number of nitrogens with one attached hydrogen (secondary N) is 1. The molecule has 3 rings (SSSR count). The minimum absolute atomic E-state index is 0.122. The van der Waals surface area contributed by atoms with Crippen molar-refractivity contribution < 1.29 is 13.2 Å². The number of hydrogen-bond acceptors (Lipinski definition) is 4. The molecule has 0 atom stereocenters. The third-order valence-electron chi connectivity index (χ3n) is 4.53. The van der Waals surface area contributed by atoms with E-state index in [1.54, 1.807) is 6.07 Å². The summed E-state index contributed by atoms with van der Waals surface area (Å²) in [6, 6.07) is 2.87. The van der Waals surface area contributed by atoms with Crippen molar-refractivity contribution in [3.8, 4) is 11.3 Å². The number of hydrogen-bond donors (Lipinski definition) is 2. The summed E-state index contributed by atoms with van der Waals surface area (Å²) in [6.07, 6.45) is 3.91. The van der Waals surface area contributed by atoms with Crippen molar-refractivity contribution in [3.63, 3.8) is 0 Å². The summed E-state index contributed by atoms with van der Waals surface area (Å²) in [5.41, 5.74) is 7.62. The average Bonchev–Trinajstić information content (AvgIpc) is 2.61. The van der Waals surface area contributed by atoms with E-state index in [2.05, 4.69) is 21.4 Å². The number of alkyl halides is 3. The van der Waals surface area contributed by atoms with Gasteiger partial charge < -0.3 is 11.1 Å². The molecule has 27 heavy (non-hydrogen) atoms. The van der Waals surface area contributed by atoms with E-state index in [0.717, 1.165) is 49.2 Å². The van der Waals surface area contributed by atoms with Gasteiger partial charge in [-0.2, -0.15) is 13.2 Å². The van der Waals surface area contributed by atoms with Crippen molar-refractivity contribution in [1.82, 2.24) is 9.97 Å². The molecule has 0 radical (unpaired) electrons. The molecule has 3 N–H and O–H groups in total. The normalized spacial score (nSPS) is 15.0. The molecule has 0 aromatic carbocycles. The lowest BCUT2D eigenvalue weighted by Gasteiger charge is -2.23. The average molecular weight is 376 g/mol. The van der Waals surface area contributed by atoms with Gasteiger partial charge in [0.05, 0.1) is 16.8 Å². The van der Waals surface area contributed by atoms with E-state index in [4.69, 9.17) is 5.73 Å². The predicted molar refractivity (Wildman–Crippen MR) is 102 cm³/mol. The number of allylic oxidation sites excluding steroid dienone is 2. The maximum atomic E-state index is 13.7. The first-order valence-electron chi connectivity index (χ1n) is 9.06. The minimum Gasteiger partial charge on any atom is -0.383 e. The molecule has 0 aliphatic heterocycles. The Morgan fingerprint density at radius 3 is 2.44 bits per heavy atom. The SMILES string of the molecule is CC(C)Nc1ccnc(-c2c(C(F)(F)F)ccnc2N)c1C1=CCCCC1. The molecule has 2 aromatic heterocycles. The van der Waals surface area contributed by atoms with Gasteiger partial charge in [0.25, 0.3) is 0 Å². The van der Waals surface area contributed by atoms with Gasteiger partial charge in [0.2, 0.25) is 0 Å². The molecule has 2 aromatic rings. The third kappa shape index (κ3) is 4.07. The predicted octanol–water partition coefficient (Wildman–Crippen LogP) is 5.52. The van der Waals surface area contributed by atoms with E-state index in [9.17, 15) is 13.2 Å². The Bertz CT molecular complexity index is 857. The quantitative estimate of drug-likeness (QED) is 0.737. The molecule has 0 amide bonds. The van der Waals surface area contributed by atoms with Gasteiger partial charge in [0.1, 0.15) is 5.82 Å². The molecular weight excluding hydrogens is 353 g/mol. The monoisotopic (exact) mass is 376 g/mol. The van der Waals surface area contributed by atoms with Gasteiger partial charge in [-0.25, -0.2) is 4.98 Å². The lowest BCUT2D eigenvalue weighted by atomic mass is 9.88. The number of nitrogens with zero attached hydrogens (tertiary/aromatic N) is 2. The Balaban J connectivity index is 2.30. The standard InChI is InChI=1S/C20H23F3N4/c1-12(2)27-15-9-11-25-18(16(15)13-6-4-3-5-7-13)17-14(20(21,22)23)8-10-26-19(17)24/h6,8-12H,3-5,7H2,1-2H3,(H2,24,26)(H,25,27). The molecule has 0 spiro atoms. The Kier molecular flexibility index (Phi) is 5.39.